The zero-order chi connectivity index (χ0) is 40.7. The van der Waals surface area contributed by atoms with Gasteiger partial charge in [0.15, 0.2) is 53.1 Å². The summed E-state index contributed by atoms with van der Waals surface area (Å²) in [6, 6.07) is 0. The molecule has 12 atom stereocenters. The molecule has 15 N–H and O–H groups in total. The fraction of sp³-hybridized carbons (Fsp3) is 0.500. The van der Waals surface area contributed by atoms with E-state index in [4.69, 9.17) is 46.7 Å². The molecule has 6 aromatic heterocycles. The number of ether oxygens (including phenoxy) is 3. The van der Waals surface area contributed by atoms with Gasteiger partial charge in [0, 0.05) is 0 Å². The lowest BCUT2D eigenvalue weighted by atomic mass is 10.1. The second kappa shape index (κ2) is 16.2. The lowest BCUT2D eigenvalue weighted by Crippen LogP contribution is -2.33. The first kappa shape index (κ1) is 39.8. The number of fused-ring (bicyclic) bond motifs is 3. The van der Waals surface area contributed by atoms with Crippen LogP contribution in [0.4, 0.5) is 17.5 Å². The minimum atomic E-state index is -1.19. The van der Waals surface area contributed by atoms with Gasteiger partial charge in [-0.2, -0.15) is 0 Å². The summed E-state index contributed by atoms with van der Waals surface area (Å²) in [6.45, 7) is -1.17. The Balaban J connectivity index is 0.000000131. The summed E-state index contributed by atoms with van der Waals surface area (Å²) < 4.78 is 20.6. The maximum absolute atomic E-state index is 9.95. The normalized spacial score (nSPS) is 31.1. The summed E-state index contributed by atoms with van der Waals surface area (Å²) in [7, 11) is 0. The van der Waals surface area contributed by atoms with Crippen molar-refractivity contribution in [1.82, 2.24) is 58.6 Å². The molecule has 0 spiro atoms. The van der Waals surface area contributed by atoms with E-state index in [0.29, 0.717) is 33.5 Å². The molecule has 306 valence electrons. The largest absolute Gasteiger partial charge is 0.394 e. The number of anilines is 3. The van der Waals surface area contributed by atoms with Crippen molar-refractivity contribution in [2.75, 3.05) is 37.0 Å². The Bertz CT molecular complexity index is 2060. The Morgan fingerprint density at radius 3 is 0.912 bits per heavy atom. The number of nitrogens with two attached hydrogens (primary N) is 3. The topological polar surface area (TPSA) is 419 Å². The predicted molar refractivity (Wildman–Crippen MR) is 188 cm³/mol. The third kappa shape index (κ3) is 7.11. The molecule has 0 saturated carbocycles. The average Bonchev–Trinajstić information content (AvgIpc) is 4.07. The van der Waals surface area contributed by atoms with Gasteiger partial charge in [-0.25, -0.2) is 44.9 Å². The SMILES string of the molecule is Nc1ncnc2c1ncn2[C@@H]1O[C@H](CO)[C@@H](O)[C@H]1O.Nc1ncnc2c1ncn2[C@@H]1O[C@H](CO)[C@@H](O)[C@H]1O.Nc1ncnc2c1ncn2[C@@H]1O[C@H](CO)[C@@H](O)[C@H]1O. The second-order valence-corrected chi connectivity index (χ2v) is 12.9. The maximum Gasteiger partial charge on any atom is 0.167 e. The maximum atomic E-state index is 9.95. The van der Waals surface area contributed by atoms with E-state index in [2.05, 4.69) is 44.9 Å². The number of aliphatic hydroxyl groups excluding tert-OH is 9. The standard InChI is InChI=1S/3C10H13N5O4/c3*11-8-5-9(13-2-12-8)15(3-14-5)10-7(18)6(17)4(1-16)19-10/h3*2-4,6-7,10,16-18H,1H2,(H2,11,12,13)/t3*4-,6-,7-,10-/m111/s1. The number of rotatable bonds is 6. The first-order valence-corrected chi connectivity index (χ1v) is 17.1. The van der Waals surface area contributed by atoms with Crippen molar-refractivity contribution < 1.29 is 60.2 Å². The molecule has 27 nitrogen and oxygen atoms in total. The van der Waals surface area contributed by atoms with E-state index in [9.17, 15) is 30.6 Å². The Kier molecular flexibility index (Phi) is 11.3. The van der Waals surface area contributed by atoms with E-state index < -0.39 is 93.4 Å². The van der Waals surface area contributed by atoms with Crippen molar-refractivity contribution in [3.63, 3.8) is 0 Å². The van der Waals surface area contributed by atoms with E-state index in [1.807, 2.05) is 0 Å². The molecule has 0 bridgehead atoms. The Morgan fingerprint density at radius 2 is 0.684 bits per heavy atom. The van der Waals surface area contributed by atoms with Crippen molar-refractivity contribution in [3.8, 4) is 0 Å². The van der Waals surface area contributed by atoms with Crippen LogP contribution in [0.3, 0.4) is 0 Å². The van der Waals surface area contributed by atoms with Crippen LogP contribution in [0.15, 0.2) is 38.0 Å². The fourth-order valence-electron chi connectivity index (χ4n) is 6.50. The summed E-state index contributed by atoms with van der Waals surface area (Å²) in [5.41, 5.74) is 19.3. The first-order chi connectivity index (χ1) is 27.4. The monoisotopic (exact) mass is 801 g/mol. The van der Waals surface area contributed by atoms with Gasteiger partial charge in [-0.1, -0.05) is 0 Å². The highest BCUT2D eigenvalue weighted by molar-refractivity contribution is 5.82. The average molecular weight is 802 g/mol. The van der Waals surface area contributed by atoms with E-state index >= 15 is 0 Å². The molecule has 3 aliphatic heterocycles. The van der Waals surface area contributed by atoms with Gasteiger partial charge in [-0.05, 0) is 0 Å². The minimum absolute atomic E-state index is 0.218. The second-order valence-electron chi connectivity index (χ2n) is 12.9. The molecule has 6 aromatic rings. The van der Waals surface area contributed by atoms with Crippen molar-refractivity contribution in [3.05, 3.63) is 38.0 Å². The zero-order valence-electron chi connectivity index (χ0n) is 29.4. The van der Waals surface area contributed by atoms with Gasteiger partial charge < -0.3 is 77.4 Å². The third-order valence-electron chi connectivity index (χ3n) is 9.54. The lowest BCUT2D eigenvalue weighted by molar-refractivity contribution is -0.0511. The molecule has 3 aliphatic rings. The molecule has 3 fully saturated rings. The van der Waals surface area contributed by atoms with Gasteiger partial charge in [0.05, 0.1) is 38.8 Å². The van der Waals surface area contributed by atoms with Crippen LogP contribution in [-0.4, -0.2) is 179 Å². The molecule has 57 heavy (non-hydrogen) atoms. The van der Waals surface area contributed by atoms with Crippen LogP contribution >= 0.6 is 0 Å². The molecule has 0 amide bonds. The Labute approximate surface area is 318 Å². The molecule has 9 rings (SSSR count). The summed E-state index contributed by atoms with van der Waals surface area (Å²) in [4.78, 5) is 35.7. The molecule has 0 radical (unpaired) electrons. The number of nitrogen functional groups attached to an aromatic ring is 3. The molecule has 0 unspecified atom stereocenters. The van der Waals surface area contributed by atoms with Gasteiger partial charge in [0.25, 0.3) is 0 Å². The summed E-state index contributed by atoms with van der Waals surface area (Å²) >= 11 is 0. The van der Waals surface area contributed by atoms with E-state index in [1.165, 1.54) is 51.7 Å². The highest BCUT2D eigenvalue weighted by Crippen LogP contribution is 2.34. The van der Waals surface area contributed by atoms with E-state index in [1.54, 1.807) is 0 Å². The molecular weight excluding hydrogens is 762 g/mol. The van der Waals surface area contributed by atoms with Crippen LogP contribution in [-0.2, 0) is 14.2 Å². The number of hydrogen-bond acceptors (Lipinski definition) is 24. The summed E-state index contributed by atoms with van der Waals surface area (Å²) in [5, 5.41) is 86.2. The van der Waals surface area contributed by atoms with Crippen molar-refractivity contribution >= 4 is 50.9 Å². The minimum Gasteiger partial charge on any atom is -0.394 e. The molecular formula is C30H39N15O12. The lowest BCUT2D eigenvalue weighted by Gasteiger charge is -2.16. The Hall–Kier alpha value is -5.43. The quantitative estimate of drug-likeness (QED) is 0.0746. The van der Waals surface area contributed by atoms with Gasteiger partial charge in [-0.3, -0.25) is 13.7 Å². The Morgan fingerprint density at radius 1 is 0.421 bits per heavy atom. The van der Waals surface area contributed by atoms with Crippen molar-refractivity contribution in [2.45, 2.75) is 73.6 Å². The van der Waals surface area contributed by atoms with E-state index in [-0.39, 0.29) is 17.5 Å². The predicted octanol–water partition coefficient (Wildman–Crippen LogP) is -5.94. The number of aliphatic hydroxyl groups is 9. The van der Waals surface area contributed by atoms with Gasteiger partial charge in [0.1, 0.15) is 90.5 Å². The smallest absolute Gasteiger partial charge is 0.167 e. The van der Waals surface area contributed by atoms with Crippen molar-refractivity contribution in [1.29, 1.82) is 0 Å². The summed E-state index contributed by atoms with van der Waals surface area (Å²) in [6.07, 6.45) is -4.27. The fourth-order valence-corrected chi connectivity index (χ4v) is 6.50. The van der Waals surface area contributed by atoms with Gasteiger partial charge in [-0.15, -0.1) is 0 Å². The first-order valence-electron chi connectivity index (χ1n) is 17.1. The molecule has 0 aliphatic carbocycles. The third-order valence-corrected chi connectivity index (χ3v) is 9.54. The van der Waals surface area contributed by atoms with Crippen LogP contribution < -0.4 is 17.2 Å². The molecule has 9 heterocycles. The van der Waals surface area contributed by atoms with Crippen molar-refractivity contribution in [2.24, 2.45) is 0 Å². The van der Waals surface area contributed by atoms with Crippen LogP contribution in [0.25, 0.3) is 33.5 Å². The summed E-state index contributed by atoms with van der Waals surface area (Å²) in [5.74, 6) is 0.654. The number of imidazole rings is 3. The van der Waals surface area contributed by atoms with E-state index in [0.717, 1.165) is 0 Å². The van der Waals surface area contributed by atoms with Gasteiger partial charge in [0.2, 0.25) is 0 Å². The molecule has 27 heteroatoms. The molecule has 0 aromatic carbocycles. The zero-order valence-corrected chi connectivity index (χ0v) is 29.4. The van der Waals surface area contributed by atoms with Crippen LogP contribution in [0, 0.1) is 0 Å². The van der Waals surface area contributed by atoms with Gasteiger partial charge >= 0.3 is 0 Å². The van der Waals surface area contributed by atoms with Crippen LogP contribution in [0.5, 0.6) is 0 Å². The van der Waals surface area contributed by atoms with Crippen LogP contribution in [0.1, 0.15) is 18.7 Å². The highest BCUT2D eigenvalue weighted by Gasteiger charge is 2.46. The molecule has 3 saturated heterocycles. The number of nitrogens with zero attached hydrogens (tertiary/aromatic N) is 12. The number of hydrogen-bond donors (Lipinski definition) is 12. The van der Waals surface area contributed by atoms with Crippen LogP contribution in [0.2, 0.25) is 0 Å². The highest BCUT2D eigenvalue weighted by atomic mass is 16.6. The number of aromatic nitrogens is 12.